The smallest absolute Gasteiger partial charge is 0.0164 e. The summed E-state index contributed by atoms with van der Waals surface area (Å²) in [6.07, 6.45) is 9.07. The standard InChI is InChI=1S/C22H22/c1-15-12-13-18-19-11-7-10-17(16-8-5-4-6-9-16)21(19)22(2,3)20(18)14-15/h4-5,7-8,10-14H,6,9H2,1-3H3. The summed E-state index contributed by atoms with van der Waals surface area (Å²) in [4.78, 5) is 0. The summed E-state index contributed by atoms with van der Waals surface area (Å²) < 4.78 is 0. The normalized spacial score (nSPS) is 17.9. The first-order valence-electron chi connectivity index (χ1n) is 8.20. The van der Waals surface area contributed by atoms with Crippen molar-refractivity contribution in [2.45, 2.75) is 39.0 Å². The first-order valence-corrected chi connectivity index (χ1v) is 8.20. The number of rotatable bonds is 1. The van der Waals surface area contributed by atoms with Gasteiger partial charge in [0, 0.05) is 5.41 Å². The van der Waals surface area contributed by atoms with Gasteiger partial charge >= 0.3 is 0 Å². The number of hydrogen-bond acceptors (Lipinski definition) is 0. The van der Waals surface area contributed by atoms with Gasteiger partial charge in [-0.1, -0.05) is 74.0 Å². The fourth-order valence-electron chi connectivity index (χ4n) is 4.09. The van der Waals surface area contributed by atoms with Crippen LogP contribution in [0.2, 0.25) is 0 Å². The molecular formula is C22H22. The number of fused-ring (bicyclic) bond motifs is 3. The molecule has 0 amide bonds. The van der Waals surface area contributed by atoms with Crippen LogP contribution in [0.3, 0.4) is 0 Å². The zero-order chi connectivity index (χ0) is 15.3. The maximum absolute atomic E-state index is 2.37. The molecule has 0 unspecified atom stereocenters. The fourth-order valence-corrected chi connectivity index (χ4v) is 4.09. The Morgan fingerprint density at radius 3 is 2.55 bits per heavy atom. The maximum Gasteiger partial charge on any atom is 0.0164 e. The lowest BCUT2D eigenvalue weighted by Crippen LogP contribution is -2.17. The molecule has 22 heavy (non-hydrogen) atoms. The minimum atomic E-state index is 0.0787. The van der Waals surface area contributed by atoms with Crippen molar-refractivity contribution in [1.29, 1.82) is 0 Å². The van der Waals surface area contributed by atoms with Gasteiger partial charge in [-0.15, -0.1) is 0 Å². The Hall–Kier alpha value is -2.08. The minimum Gasteiger partial charge on any atom is -0.0842 e. The van der Waals surface area contributed by atoms with E-state index < -0.39 is 0 Å². The fraction of sp³-hybridized carbons (Fsp3) is 0.273. The summed E-state index contributed by atoms with van der Waals surface area (Å²) in [6.45, 7) is 6.94. The van der Waals surface area contributed by atoms with Crippen LogP contribution >= 0.6 is 0 Å². The van der Waals surface area contributed by atoms with Gasteiger partial charge in [0.1, 0.15) is 0 Å². The molecule has 110 valence electrons. The number of hydrogen-bond donors (Lipinski definition) is 0. The molecule has 0 saturated carbocycles. The van der Waals surface area contributed by atoms with Gasteiger partial charge in [-0.05, 0) is 53.2 Å². The zero-order valence-corrected chi connectivity index (χ0v) is 13.6. The second-order valence-corrected chi connectivity index (χ2v) is 7.06. The van der Waals surface area contributed by atoms with Crippen molar-refractivity contribution in [2.24, 2.45) is 0 Å². The molecule has 2 aromatic carbocycles. The van der Waals surface area contributed by atoms with E-state index in [2.05, 4.69) is 75.4 Å². The van der Waals surface area contributed by atoms with Gasteiger partial charge in [0.05, 0.1) is 0 Å². The molecule has 0 aliphatic heterocycles. The van der Waals surface area contributed by atoms with Crippen LogP contribution in [0.4, 0.5) is 0 Å². The van der Waals surface area contributed by atoms with Gasteiger partial charge in [-0.3, -0.25) is 0 Å². The average Bonchev–Trinajstić information content (AvgIpc) is 2.76. The van der Waals surface area contributed by atoms with Crippen LogP contribution in [-0.4, -0.2) is 0 Å². The summed E-state index contributed by atoms with van der Waals surface area (Å²) in [7, 11) is 0. The Balaban J connectivity index is 2.00. The molecular weight excluding hydrogens is 264 g/mol. The van der Waals surface area contributed by atoms with E-state index >= 15 is 0 Å². The molecule has 2 aliphatic rings. The molecule has 0 saturated heterocycles. The van der Waals surface area contributed by atoms with Crippen LogP contribution in [0.15, 0.2) is 54.6 Å². The topological polar surface area (TPSA) is 0 Å². The Labute approximate surface area is 133 Å². The molecule has 2 aromatic rings. The van der Waals surface area contributed by atoms with Gasteiger partial charge in [-0.2, -0.15) is 0 Å². The van der Waals surface area contributed by atoms with E-state index in [0.717, 1.165) is 12.8 Å². The highest BCUT2D eigenvalue weighted by Gasteiger charge is 2.37. The Morgan fingerprint density at radius 2 is 1.77 bits per heavy atom. The molecule has 0 aromatic heterocycles. The molecule has 0 fully saturated rings. The van der Waals surface area contributed by atoms with Crippen molar-refractivity contribution in [3.8, 4) is 11.1 Å². The van der Waals surface area contributed by atoms with E-state index in [1.807, 2.05) is 0 Å². The van der Waals surface area contributed by atoms with Crippen LogP contribution in [0.25, 0.3) is 16.7 Å². The maximum atomic E-state index is 2.37. The quantitative estimate of drug-likeness (QED) is 0.600. The molecule has 0 atom stereocenters. The van der Waals surface area contributed by atoms with Gasteiger partial charge in [0.2, 0.25) is 0 Å². The third-order valence-corrected chi connectivity index (χ3v) is 5.19. The lowest BCUT2D eigenvalue weighted by molar-refractivity contribution is 0.657. The third-order valence-electron chi connectivity index (χ3n) is 5.19. The van der Waals surface area contributed by atoms with Gasteiger partial charge < -0.3 is 0 Å². The van der Waals surface area contributed by atoms with Crippen LogP contribution in [0.5, 0.6) is 0 Å². The summed E-state index contributed by atoms with van der Waals surface area (Å²) in [6, 6.07) is 13.7. The van der Waals surface area contributed by atoms with Crippen molar-refractivity contribution in [3.05, 3.63) is 76.9 Å². The first kappa shape index (κ1) is 13.6. The molecule has 0 nitrogen and oxygen atoms in total. The van der Waals surface area contributed by atoms with Gasteiger partial charge in [0.15, 0.2) is 0 Å². The number of aryl methyl sites for hydroxylation is 1. The highest BCUT2D eigenvalue weighted by atomic mass is 14.4. The SMILES string of the molecule is Cc1ccc2c(c1)C(C)(C)c1c(C3=CC=CCC3)cccc1-2. The largest absolute Gasteiger partial charge is 0.0842 e. The second-order valence-electron chi connectivity index (χ2n) is 7.06. The van der Waals surface area contributed by atoms with Crippen LogP contribution in [-0.2, 0) is 5.41 Å². The lowest BCUT2D eigenvalue weighted by atomic mass is 9.77. The summed E-state index contributed by atoms with van der Waals surface area (Å²) in [5.41, 5.74) is 10.2. The van der Waals surface area contributed by atoms with Crippen molar-refractivity contribution < 1.29 is 0 Å². The average molecular weight is 286 g/mol. The molecule has 0 heteroatoms. The van der Waals surface area contributed by atoms with E-state index in [0.29, 0.717) is 0 Å². The molecule has 4 rings (SSSR count). The Bertz CT molecular complexity index is 816. The van der Waals surface area contributed by atoms with Crippen molar-refractivity contribution >= 4 is 5.57 Å². The van der Waals surface area contributed by atoms with Crippen molar-refractivity contribution in [1.82, 2.24) is 0 Å². The lowest BCUT2D eigenvalue weighted by Gasteiger charge is -2.26. The second kappa shape index (κ2) is 4.71. The summed E-state index contributed by atoms with van der Waals surface area (Å²) in [5.74, 6) is 0. The Kier molecular flexibility index (Phi) is 2.91. The molecule has 0 N–H and O–H groups in total. The number of benzene rings is 2. The highest BCUT2D eigenvalue weighted by molar-refractivity contribution is 5.87. The molecule has 0 spiro atoms. The van der Waals surface area contributed by atoms with Crippen molar-refractivity contribution in [2.75, 3.05) is 0 Å². The monoisotopic (exact) mass is 286 g/mol. The molecule has 0 bridgehead atoms. The molecule has 0 heterocycles. The van der Waals surface area contributed by atoms with E-state index in [1.54, 1.807) is 0 Å². The number of allylic oxidation sites excluding steroid dienone is 4. The Morgan fingerprint density at radius 1 is 0.955 bits per heavy atom. The van der Waals surface area contributed by atoms with Crippen LogP contribution in [0, 0.1) is 6.92 Å². The summed E-state index contributed by atoms with van der Waals surface area (Å²) in [5, 5.41) is 0. The predicted molar refractivity (Wildman–Crippen MR) is 95.1 cm³/mol. The van der Waals surface area contributed by atoms with Crippen LogP contribution in [0.1, 0.15) is 48.9 Å². The highest BCUT2D eigenvalue weighted by Crippen LogP contribution is 2.51. The minimum absolute atomic E-state index is 0.0787. The third kappa shape index (κ3) is 1.83. The summed E-state index contributed by atoms with van der Waals surface area (Å²) >= 11 is 0. The van der Waals surface area contributed by atoms with E-state index in [-0.39, 0.29) is 5.41 Å². The van der Waals surface area contributed by atoms with E-state index in [1.165, 1.54) is 39.0 Å². The van der Waals surface area contributed by atoms with E-state index in [9.17, 15) is 0 Å². The van der Waals surface area contributed by atoms with Crippen LogP contribution < -0.4 is 0 Å². The first-order chi connectivity index (χ1) is 10.6. The van der Waals surface area contributed by atoms with Gasteiger partial charge in [-0.25, -0.2) is 0 Å². The molecule has 2 aliphatic carbocycles. The van der Waals surface area contributed by atoms with E-state index in [4.69, 9.17) is 0 Å². The van der Waals surface area contributed by atoms with Gasteiger partial charge in [0.25, 0.3) is 0 Å². The zero-order valence-electron chi connectivity index (χ0n) is 13.6. The predicted octanol–water partition coefficient (Wildman–Crippen LogP) is 6.03. The van der Waals surface area contributed by atoms with Crippen molar-refractivity contribution in [3.63, 3.8) is 0 Å². The molecule has 0 radical (unpaired) electrons.